The molecule has 0 radical (unpaired) electrons. The highest BCUT2D eigenvalue weighted by molar-refractivity contribution is 6.33. The largest absolute Gasteiger partial charge is 0.366 e. The van der Waals surface area contributed by atoms with Crippen LogP contribution in [0.5, 0.6) is 0 Å². The highest BCUT2D eigenvalue weighted by Gasteiger charge is 2.23. The average molecular weight is 304 g/mol. The van der Waals surface area contributed by atoms with E-state index in [1.807, 2.05) is 30.3 Å². The monoisotopic (exact) mass is 303 g/mol. The molecular formula is C16H18ClN3O. The lowest BCUT2D eigenvalue weighted by Gasteiger charge is -2.35. The van der Waals surface area contributed by atoms with E-state index in [2.05, 4.69) is 16.9 Å². The summed E-state index contributed by atoms with van der Waals surface area (Å²) in [7, 11) is 0. The molecule has 1 aliphatic heterocycles. The Balaban J connectivity index is 2.03. The molecule has 1 aliphatic rings. The van der Waals surface area contributed by atoms with Gasteiger partial charge in [0.15, 0.2) is 0 Å². The van der Waals surface area contributed by atoms with Gasteiger partial charge in [0.25, 0.3) is 5.56 Å². The van der Waals surface area contributed by atoms with Crippen LogP contribution >= 0.6 is 11.6 Å². The molecular weight excluding hydrogens is 286 g/mol. The highest BCUT2D eigenvalue weighted by Crippen LogP contribution is 2.28. The number of hydrogen-bond donors (Lipinski definition) is 0. The number of nitrogens with zero attached hydrogens (tertiary/aromatic N) is 3. The van der Waals surface area contributed by atoms with Gasteiger partial charge in [-0.3, -0.25) is 4.79 Å². The smallest absolute Gasteiger partial charge is 0.292 e. The molecule has 21 heavy (non-hydrogen) atoms. The van der Waals surface area contributed by atoms with Gasteiger partial charge < -0.3 is 4.90 Å². The molecule has 0 N–H and O–H groups in total. The summed E-state index contributed by atoms with van der Waals surface area (Å²) in [5.41, 5.74) is 1.21. The lowest BCUT2D eigenvalue weighted by atomic mass is 10.0. The van der Waals surface area contributed by atoms with E-state index in [9.17, 15) is 4.79 Å². The van der Waals surface area contributed by atoms with E-state index in [1.54, 1.807) is 6.20 Å². The second-order valence-electron chi connectivity index (χ2n) is 5.43. The number of hydrogen-bond acceptors (Lipinski definition) is 3. The lowest BCUT2D eigenvalue weighted by Crippen LogP contribution is -2.39. The van der Waals surface area contributed by atoms with Crippen molar-refractivity contribution in [1.82, 2.24) is 9.78 Å². The van der Waals surface area contributed by atoms with Crippen molar-refractivity contribution in [2.75, 3.05) is 11.4 Å². The van der Waals surface area contributed by atoms with Crippen molar-refractivity contribution in [1.29, 1.82) is 0 Å². The molecule has 1 atom stereocenters. The molecule has 0 saturated carbocycles. The third-order valence-electron chi connectivity index (χ3n) is 4.01. The molecule has 3 rings (SSSR count). The number of para-hydroxylation sites is 1. The summed E-state index contributed by atoms with van der Waals surface area (Å²) in [5, 5.41) is 4.55. The van der Waals surface area contributed by atoms with Gasteiger partial charge in [-0.2, -0.15) is 9.78 Å². The van der Waals surface area contributed by atoms with Crippen LogP contribution in [0.25, 0.3) is 5.69 Å². The highest BCUT2D eigenvalue weighted by atomic mass is 35.5. The fraction of sp³-hybridized carbons (Fsp3) is 0.375. The van der Waals surface area contributed by atoms with E-state index < -0.39 is 0 Å². The van der Waals surface area contributed by atoms with E-state index >= 15 is 0 Å². The Kier molecular flexibility index (Phi) is 3.97. The topological polar surface area (TPSA) is 38.1 Å². The van der Waals surface area contributed by atoms with E-state index in [0.717, 1.165) is 30.8 Å². The van der Waals surface area contributed by atoms with Crippen LogP contribution < -0.4 is 10.5 Å². The van der Waals surface area contributed by atoms with Crippen molar-refractivity contribution in [2.45, 2.75) is 32.2 Å². The number of anilines is 1. The maximum absolute atomic E-state index is 12.5. The van der Waals surface area contributed by atoms with E-state index in [0.29, 0.717) is 6.04 Å². The summed E-state index contributed by atoms with van der Waals surface area (Å²) in [6.07, 6.45) is 5.18. The number of halogens is 1. The minimum atomic E-state index is -0.266. The van der Waals surface area contributed by atoms with Crippen LogP contribution in [0.2, 0.25) is 5.02 Å². The van der Waals surface area contributed by atoms with Gasteiger partial charge in [-0.1, -0.05) is 29.8 Å². The molecule has 1 saturated heterocycles. The summed E-state index contributed by atoms with van der Waals surface area (Å²) in [6.45, 7) is 3.09. The molecule has 1 unspecified atom stereocenters. The number of benzene rings is 1. The second kappa shape index (κ2) is 5.90. The first-order valence-corrected chi connectivity index (χ1v) is 7.66. The van der Waals surface area contributed by atoms with Crippen LogP contribution in [0.1, 0.15) is 26.2 Å². The fourth-order valence-electron chi connectivity index (χ4n) is 2.83. The van der Waals surface area contributed by atoms with Gasteiger partial charge in [-0.05, 0) is 38.3 Å². The van der Waals surface area contributed by atoms with Crippen molar-refractivity contribution in [3.8, 4) is 5.69 Å². The summed E-state index contributed by atoms with van der Waals surface area (Å²) in [5.74, 6) is 0. The molecule has 0 spiro atoms. The SMILES string of the molecule is CC1CCCCN1c1cnn(-c2ccccc2)c(=O)c1Cl. The molecule has 0 bridgehead atoms. The predicted molar refractivity (Wildman–Crippen MR) is 85.5 cm³/mol. The van der Waals surface area contributed by atoms with Crippen LogP contribution in [0, 0.1) is 0 Å². The van der Waals surface area contributed by atoms with E-state index in [4.69, 9.17) is 11.6 Å². The van der Waals surface area contributed by atoms with Crippen LogP contribution in [0.15, 0.2) is 41.3 Å². The lowest BCUT2D eigenvalue weighted by molar-refractivity contribution is 0.483. The molecule has 2 heterocycles. The van der Waals surface area contributed by atoms with Crippen molar-refractivity contribution in [3.05, 3.63) is 51.9 Å². The van der Waals surface area contributed by atoms with E-state index in [1.165, 1.54) is 11.1 Å². The van der Waals surface area contributed by atoms with Gasteiger partial charge in [-0.15, -0.1) is 0 Å². The third-order valence-corrected chi connectivity index (χ3v) is 4.37. The molecule has 0 aliphatic carbocycles. The van der Waals surface area contributed by atoms with Gasteiger partial charge in [0, 0.05) is 12.6 Å². The fourth-order valence-corrected chi connectivity index (χ4v) is 3.07. The molecule has 0 amide bonds. The second-order valence-corrected chi connectivity index (χ2v) is 5.81. The average Bonchev–Trinajstić information content (AvgIpc) is 2.52. The zero-order valence-corrected chi connectivity index (χ0v) is 12.8. The van der Waals surface area contributed by atoms with Gasteiger partial charge in [0.2, 0.25) is 0 Å². The summed E-state index contributed by atoms with van der Waals surface area (Å²) >= 11 is 6.33. The van der Waals surface area contributed by atoms with Gasteiger partial charge in [-0.25, -0.2) is 0 Å². The molecule has 1 aromatic heterocycles. The zero-order valence-electron chi connectivity index (χ0n) is 12.0. The van der Waals surface area contributed by atoms with Crippen LogP contribution in [-0.4, -0.2) is 22.4 Å². The first kappa shape index (κ1) is 14.1. The standard InChI is InChI=1S/C16H18ClN3O/c1-12-7-5-6-10-19(12)14-11-18-20(16(21)15(14)17)13-8-3-2-4-9-13/h2-4,8-9,11-12H,5-7,10H2,1H3. The number of aromatic nitrogens is 2. The summed E-state index contributed by atoms with van der Waals surface area (Å²) in [4.78, 5) is 14.7. The van der Waals surface area contributed by atoms with Gasteiger partial charge in [0.05, 0.1) is 17.6 Å². The van der Waals surface area contributed by atoms with E-state index in [-0.39, 0.29) is 10.6 Å². The van der Waals surface area contributed by atoms with Crippen molar-refractivity contribution >= 4 is 17.3 Å². The van der Waals surface area contributed by atoms with Crippen molar-refractivity contribution in [2.24, 2.45) is 0 Å². The van der Waals surface area contributed by atoms with Crippen molar-refractivity contribution < 1.29 is 0 Å². The van der Waals surface area contributed by atoms with Gasteiger partial charge >= 0.3 is 0 Å². The Morgan fingerprint density at radius 3 is 2.71 bits per heavy atom. The van der Waals surface area contributed by atoms with Crippen LogP contribution in [0.4, 0.5) is 5.69 Å². The third kappa shape index (κ3) is 2.68. The normalized spacial score (nSPS) is 18.8. The van der Waals surface area contributed by atoms with Crippen LogP contribution in [0.3, 0.4) is 0 Å². The maximum Gasteiger partial charge on any atom is 0.292 e. The quantitative estimate of drug-likeness (QED) is 0.854. The Morgan fingerprint density at radius 1 is 1.24 bits per heavy atom. The number of piperidine rings is 1. The first-order chi connectivity index (χ1) is 10.2. The molecule has 1 aromatic carbocycles. The maximum atomic E-state index is 12.5. The zero-order chi connectivity index (χ0) is 14.8. The Bertz CT molecular complexity index is 684. The molecule has 110 valence electrons. The Hall–Kier alpha value is -1.81. The van der Waals surface area contributed by atoms with Crippen LogP contribution in [-0.2, 0) is 0 Å². The predicted octanol–water partition coefficient (Wildman–Crippen LogP) is 3.26. The number of rotatable bonds is 2. The van der Waals surface area contributed by atoms with Crippen molar-refractivity contribution in [3.63, 3.8) is 0 Å². The Labute approximate surface area is 129 Å². The molecule has 5 heteroatoms. The first-order valence-electron chi connectivity index (χ1n) is 7.28. The molecule has 4 nitrogen and oxygen atoms in total. The summed E-state index contributed by atoms with van der Waals surface area (Å²) < 4.78 is 1.35. The Morgan fingerprint density at radius 2 is 2.00 bits per heavy atom. The van der Waals surface area contributed by atoms with Gasteiger partial charge in [0.1, 0.15) is 5.02 Å². The molecule has 2 aromatic rings. The molecule has 1 fully saturated rings. The minimum absolute atomic E-state index is 0.252. The summed E-state index contributed by atoms with van der Waals surface area (Å²) in [6, 6.07) is 9.72. The minimum Gasteiger partial charge on any atom is -0.366 e.